The van der Waals surface area contributed by atoms with Gasteiger partial charge in [-0.3, -0.25) is 0 Å². The lowest BCUT2D eigenvalue weighted by molar-refractivity contribution is -0.0391. The highest BCUT2D eigenvalue weighted by molar-refractivity contribution is 5.42. The molecule has 1 spiro atoms. The van der Waals surface area contributed by atoms with Crippen molar-refractivity contribution in [3.05, 3.63) is 42.1 Å². The Bertz CT molecular complexity index is 716. The van der Waals surface area contributed by atoms with Crippen molar-refractivity contribution in [2.24, 2.45) is 0 Å². The summed E-state index contributed by atoms with van der Waals surface area (Å²) in [5.41, 5.74) is 0.879. The molecule has 24 heavy (non-hydrogen) atoms. The van der Waals surface area contributed by atoms with Gasteiger partial charge in [-0.1, -0.05) is 18.2 Å². The molecule has 1 aromatic heterocycles. The van der Waals surface area contributed by atoms with E-state index in [1.165, 1.54) is 0 Å². The molecule has 1 fully saturated rings. The van der Waals surface area contributed by atoms with Crippen LogP contribution in [-0.4, -0.2) is 42.4 Å². The van der Waals surface area contributed by atoms with E-state index in [1.807, 2.05) is 18.2 Å². The van der Waals surface area contributed by atoms with Gasteiger partial charge < -0.3 is 19.1 Å². The molecule has 6 heteroatoms. The Morgan fingerprint density at radius 1 is 1.17 bits per heavy atom. The maximum atomic E-state index is 6.49. The third-order valence-corrected chi connectivity index (χ3v) is 4.65. The lowest BCUT2D eigenvalue weighted by Gasteiger charge is -2.38. The zero-order valence-corrected chi connectivity index (χ0v) is 13.8. The maximum Gasteiger partial charge on any atom is 0.229 e. The zero-order chi connectivity index (χ0) is 16.4. The molecule has 126 valence electrons. The van der Waals surface area contributed by atoms with Crippen molar-refractivity contribution in [3.8, 4) is 11.6 Å². The average molecular weight is 327 g/mol. The van der Waals surface area contributed by atoms with Gasteiger partial charge in [-0.15, -0.1) is 0 Å². The Kier molecular flexibility index (Phi) is 3.98. The van der Waals surface area contributed by atoms with Crippen molar-refractivity contribution in [2.45, 2.75) is 25.0 Å². The quantitative estimate of drug-likeness (QED) is 0.844. The van der Waals surface area contributed by atoms with Crippen LogP contribution in [-0.2, 0) is 11.3 Å². The van der Waals surface area contributed by atoms with Gasteiger partial charge in [0.1, 0.15) is 11.4 Å². The number of ether oxygens (including phenoxy) is 3. The lowest BCUT2D eigenvalue weighted by Crippen LogP contribution is -2.50. The summed E-state index contributed by atoms with van der Waals surface area (Å²) in [7, 11) is 1.62. The molecule has 0 N–H and O–H groups in total. The maximum absolute atomic E-state index is 6.49. The van der Waals surface area contributed by atoms with Gasteiger partial charge in [0.2, 0.25) is 11.8 Å². The first-order chi connectivity index (χ1) is 11.8. The zero-order valence-electron chi connectivity index (χ0n) is 13.8. The van der Waals surface area contributed by atoms with Gasteiger partial charge in [-0.05, 0) is 6.07 Å². The second-order valence-corrected chi connectivity index (χ2v) is 6.26. The van der Waals surface area contributed by atoms with Gasteiger partial charge in [-0.2, -0.15) is 4.98 Å². The van der Waals surface area contributed by atoms with E-state index in [9.17, 15) is 0 Å². The van der Waals surface area contributed by atoms with Crippen LogP contribution in [0.2, 0.25) is 0 Å². The van der Waals surface area contributed by atoms with Crippen LogP contribution in [0, 0.1) is 0 Å². The molecule has 0 aliphatic carbocycles. The first kappa shape index (κ1) is 15.2. The molecule has 3 heterocycles. The summed E-state index contributed by atoms with van der Waals surface area (Å²) in [6.45, 7) is 2.88. The minimum Gasteiger partial charge on any atom is -0.485 e. The molecule has 1 saturated heterocycles. The number of para-hydroxylation sites is 1. The lowest BCUT2D eigenvalue weighted by atomic mass is 9.93. The number of aromatic nitrogens is 2. The number of hydrogen-bond acceptors (Lipinski definition) is 6. The molecule has 0 bridgehead atoms. The number of nitrogens with zero attached hydrogens (tertiary/aromatic N) is 3. The summed E-state index contributed by atoms with van der Waals surface area (Å²) in [5, 5.41) is 0. The number of benzene rings is 1. The van der Waals surface area contributed by atoms with E-state index in [2.05, 4.69) is 20.9 Å². The second-order valence-electron chi connectivity index (χ2n) is 6.26. The number of rotatable bonds is 2. The molecule has 2 aromatic rings. The summed E-state index contributed by atoms with van der Waals surface area (Å²) in [6.07, 6.45) is 3.46. The van der Waals surface area contributed by atoms with Gasteiger partial charge in [0.05, 0.1) is 26.9 Å². The Morgan fingerprint density at radius 3 is 2.83 bits per heavy atom. The highest BCUT2D eigenvalue weighted by Crippen LogP contribution is 2.36. The van der Waals surface area contributed by atoms with Crippen molar-refractivity contribution < 1.29 is 14.2 Å². The first-order valence-corrected chi connectivity index (χ1v) is 8.25. The SMILES string of the molecule is COc1ccnc(N2Cc3ccccc3OC3(CCOCC3)C2)n1. The summed E-state index contributed by atoms with van der Waals surface area (Å²) >= 11 is 0. The smallest absolute Gasteiger partial charge is 0.229 e. The fraction of sp³-hybridized carbons (Fsp3) is 0.444. The summed E-state index contributed by atoms with van der Waals surface area (Å²) in [6, 6.07) is 9.96. The van der Waals surface area contributed by atoms with E-state index >= 15 is 0 Å². The van der Waals surface area contributed by atoms with Crippen molar-refractivity contribution in [1.29, 1.82) is 0 Å². The molecular weight excluding hydrogens is 306 g/mol. The van der Waals surface area contributed by atoms with Crippen LogP contribution in [0.15, 0.2) is 36.5 Å². The van der Waals surface area contributed by atoms with Crippen LogP contribution in [0.3, 0.4) is 0 Å². The van der Waals surface area contributed by atoms with E-state index < -0.39 is 0 Å². The summed E-state index contributed by atoms with van der Waals surface area (Å²) in [4.78, 5) is 11.1. The predicted octanol–water partition coefficient (Wildman–Crippen LogP) is 2.43. The summed E-state index contributed by atoms with van der Waals surface area (Å²) < 4.78 is 17.3. The molecule has 4 rings (SSSR count). The van der Waals surface area contributed by atoms with Crippen molar-refractivity contribution in [3.63, 3.8) is 0 Å². The highest BCUT2D eigenvalue weighted by Gasteiger charge is 2.40. The fourth-order valence-electron chi connectivity index (χ4n) is 3.35. The van der Waals surface area contributed by atoms with Crippen LogP contribution in [0.4, 0.5) is 5.95 Å². The Labute approximate surface area is 141 Å². The standard InChI is InChI=1S/C18H21N3O3/c1-22-16-6-9-19-17(20-16)21-12-14-4-2-3-5-15(14)24-18(13-21)7-10-23-11-8-18/h2-6,9H,7-8,10-13H2,1H3. The predicted molar refractivity (Wildman–Crippen MR) is 89.5 cm³/mol. The minimum atomic E-state index is -0.267. The van der Waals surface area contributed by atoms with Gasteiger partial charge in [0.15, 0.2) is 0 Å². The van der Waals surface area contributed by atoms with Crippen LogP contribution < -0.4 is 14.4 Å². The Morgan fingerprint density at radius 2 is 2.00 bits per heavy atom. The van der Waals surface area contributed by atoms with Gasteiger partial charge in [0, 0.05) is 37.2 Å². The van der Waals surface area contributed by atoms with Crippen molar-refractivity contribution in [1.82, 2.24) is 9.97 Å². The van der Waals surface area contributed by atoms with Crippen LogP contribution >= 0.6 is 0 Å². The number of fused-ring (bicyclic) bond motifs is 1. The molecule has 0 radical (unpaired) electrons. The number of anilines is 1. The molecule has 0 saturated carbocycles. The molecule has 0 atom stereocenters. The van der Waals surface area contributed by atoms with Gasteiger partial charge in [-0.25, -0.2) is 4.98 Å². The third kappa shape index (κ3) is 2.89. The molecule has 6 nitrogen and oxygen atoms in total. The Balaban J connectivity index is 1.73. The van der Waals surface area contributed by atoms with Gasteiger partial charge in [0.25, 0.3) is 0 Å². The van der Waals surface area contributed by atoms with E-state index in [0.717, 1.165) is 43.9 Å². The van der Waals surface area contributed by atoms with Crippen molar-refractivity contribution >= 4 is 5.95 Å². The van der Waals surface area contributed by atoms with E-state index in [1.54, 1.807) is 19.4 Å². The topological polar surface area (TPSA) is 56.7 Å². The molecule has 0 amide bonds. The molecule has 1 aromatic carbocycles. The van der Waals surface area contributed by atoms with E-state index in [4.69, 9.17) is 14.2 Å². The van der Waals surface area contributed by atoms with Crippen LogP contribution in [0.5, 0.6) is 11.6 Å². The summed E-state index contributed by atoms with van der Waals surface area (Å²) in [5.74, 6) is 2.18. The van der Waals surface area contributed by atoms with Crippen LogP contribution in [0.25, 0.3) is 0 Å². The van der Waals surface area contributed by atoms with Gasteiger partial charge >= 0.3 is 0 Å². The average Bonchev–Trinajstić information content (AvgIpc) is 2.79. The first-order valence-electron chi connectivity index (χ1n) is 8.25. The number of hydrogen-bond donors (Lipinski definition) is 0. The molecular formula is C18H21N3O3. The second kappa shape index (κ2) is 6.28. The largest absolute Gasteiger partial charge is 0.485 e. The number of methoxy groups -OCH3 is 1. The van der Waals surface area contributed by atoms with Crippen LogP contribution in [0.1, 0.15) is 18.4 Å². The van der Waals surface area contributed by atoms with E-state index in [0.29, 0.717) is 18.4 Å². The molecule has 0 unspecified atom stereocenters. The Hall–Kier alpha value is -2.34. The molecule has 2 aliphatic heterocycles. The van der Waals surface area contributed by atoms with Crippen molar-refractivity contribution in [2.75, 3.05) is 31.8 Å². The normalized spacial score (nSPS) is 19.3. The monoisotopic (exact) mass is 327 g/mol. The minimum absolute atomic E-state index is 0.267. The molecule has 2 aliphatic rings. The fourth-order valence-corrected chi connectivity index (χ4v) is 3.35. The highest BCUT2D eigenvalue weighted by atomic mass is 16.5. The van der Waals surface area contributed by atoms with E-state index in [-0.39, 0.29) is 5.60 Å². The third-order valence-electron chi connectivity index (χ3n) is 4.65.